The van der Waals surface area contributed by atoms with E-state index in [9.17, 15) is 14.4 Å². The molecule has 0 heterocycles. The zero-order valence-electron chi connectivity index (χ0n) is 14.0. The Morgan fingerprint density at radius 1 is 0.920 bits per heavy atom. The van der Waals surface area contributed by atoms with Crippen molar-refractivity contribution in [2.45, 2.75) is 32.3 Å². The summed E-state index contributed by atoms with van der Waals surface area (Å²) in [5.74, 6) is -1.41. The van der Waals surface area contributed by atoms with Crippen molar-refractivity contribution < 1.29 is 19.1 Å². The largest absolute Gasteiger partial charge is 0.451 e. The predicted molar refractivity (Wildman–Crippen MR) is 92.6 cm³/mol. The van der Waals surface area contributed by atoms with Crippen LogP contribution in [0.2, 0.25) is 0 Å². The Morgan fingerprint density at radius 2 is 1.52 bits per heavy atom. The molecule has 0 bridgehead atoms. The van der Waals surface area contributed by atoms with Gasteiger partial charge in [-0.2, -0.15) is 0 Å². The van der Waals surface area contributed by atoms with Crippen LogP contribution in [-0.2, 0) is 17.6 Å². The summed E-state index contributed by atoms with van der Waals surface area (Å²) in [4.78, 5) is 35.7. The van der Waals surface area contributed by atoms with Gasteiger partial charge < -0.3 is 10.5 Å². The molecule has 0 saturated heterocycles. The lowest BCUT2D eigenvalue weighted by atomic mass is 10.0. The summed E-state index contributed by atoms with van der Waals surface area (Å²) in [6, 6.07) is 11.5. The molecule has 5 heteroatoms. The molecule has 1 amide bonds. The highest BCUT2D eigenvalue weighted by atomic mass is 16.5. The third kappa shape index (κ3) is 3.60. The van der Waals surface area contributed by atoms with E-state index in [1.807, 2.05) is 12.1 Å². The summed E-state index contributed by atoms with van der Waals surface area (Å²) in [7, 11) is 0. The lowest BCUT2D eigenvalue weighted by Gasteiger charge is -2.13. The molecule has 0 spiro atoms. The fourth-order valence-corrected chi connectivity index (χ4v) is 3.01. The van der Waals surface area contributed by atoms with Crippen molar-refractivity contribution in [1.29, 1.82) is 0 Å². The van der Waals surface area contributed by atoms with Gasteiger partial charge in [-0.25, -0.2) is 4.79 Å². The average molecular weight is 337 g/mol. The molecule has 0 radical (unpaired) electrons. The third-order valence-corrected chi connectivity index (χ3v) is 4.44. The van der Waals surface area contributed by atoms with E-state index in [1.54, 1.807) is 13.0 Å². The molecule has 2 aromatic carbocycles. The number of carbonyl (C=O) groups is 3. The van der Waals surface area contributed by atoms with Crippen LogP contribution in [0, 0.1) is 0 Å². The molecule has 1 atom stereocenters. The summed E-state index contributed by atoms with van der Waals surface area (Å²) in [6.45, 7) is 1.56. The maximum atomic E-state index is 12.5. The number of esters is 1. The van der Waals surface area contributed by atoms with Gasteiger partial charge in [0.2, 0.25) is 11.7 Å². The molecule has 1 aliphatic rings. The highest BCUT2D eigenvalue weighted by Gasteiger charge is 2.22. The number of amides is 1. The lowest BCUT2D eigenvalue weighted by molar-refractivity contribution is 0.0318. The normalized spacial score (nSPS) is 13.8. The molecule has 0 saturated carbocycles. The number of fused-ring (bicyclic) bond motifs is 1. The second-order valence-electron chi connectivity index (χ2n) is 6.19. The van der Waals surface area contributed by atoms with Gasteiger partial charge in [0, 0.05) is 11.1 Å². The van der Waals surface area contributed by atoms with Gasteiger partial charge in [-0.05, 0) is 67.6 Å². The Bertz CT molecular complexity index is 839. The fourth-order valence-electron chi connectivity index (χ4n) is 3.01. The number of Topliss-reactive ketones (excluding diaryl/α,β-unsaturated/α-hetero) is 1. The predicted octanol–water partition coefficient (Wildman–Crippen LogP) is 2.70. The first-order chi connectivity index (χ1) is 12.0. The Balaban J connectivity index is 1.68. The van der Waals surface area contributed by atoms with E-state index in [1.165, 1.54) is 35.4 Å². The van der Waals surface area contributed by atoms with E-state index in [4.69, 9.17) is 10.5 Å². The molecular weight excluding hydrogens is 318 g/mol. The van der Waals surface area contributed by atoms with Crippen molar-refractivity contribution in [3.05, 3.63) is 70.3 Å². The highest BCUT2D eigenvalue weighted by molar-refractivity contribution is 6.02. The van der Waals surface area contributed by atoms with Gasteiger partial charge in [-0.1, -0.05) is 12.1 Å². The number of rotatable bonds is 5. The molecule has 25 heavy (non-hydrogen) atoms. The smallest absolute Gasteiger partial charge is 0.338 e. The van der Waals surface area contributed by atoms with Crippen LogP contribution in [-0.4, -0.2) is 23.8 Å². The molecule has 0 aliphatic heterocycles. The standard InChI is InChI=1S/C20H19NO4/c1-12(18(22)17-10-5-13-3-2-4-16(13)11-17)25-20(24)15-8-6-14(7-9-15)19(21)23/h5-12H,2-4H2,1H3,(H2,21,23)/t12-/m0/s1. The number of carbonyl (C=O) groups excluding carboxylic acids is 3. The second-order valence-corrected chi connectivity index (χ2v) is 6.19. The molecular formula is C20H19NO4. The fraction of sp³-hybridized carbons (Fsp3) is 0.250. The van der Waals surface area contributed by atoms with Gasteiger partial charge in [-0.3, -0.25) is 9.59 Å². The highest BCUT2D eigenvalue weighted by Crippen LogP contribution is 2.23. The number of ether oxygens (including phenoxy) is 1. The van der Waals surface area contributed by atoms with Gasteiger partial charge in [0.15, 0.2) is 6.10 Å². The Hall–Kier alpha value is -2.95. The number of hydrogen-bond acceptors (Lipinski definition) is 4. The Labute approximate surface area is 145 Å². The molecule has 3 rings (SSSR count). The van der Waals surface area contributed by atoms with Gasteiger partial charge in [0.25, 0.3) is 0 Å². The Kier molecular flexibility index (Phi) is 4.65. The number of ketones is 1. The van der Waals surface area contributed by atoms with Crippen molar-refractivity contribution in [2.75, 3.05) is 0 Å². The molecule has 1 aliphatic carbocycles. The summed E-state index contributed by atoms with van der Waals surface area (Å²) in [5, 5.41) is 0. The summed E-state index contributed by atoms with van der Waals surface area (Å²) >= 11 is 0. The number of primary amides is 1. The summed E-state index contributed by atoms with van der Waals surface area (Å²) in [5.41, 5.74) is 8.78. The minimum atomic E-state index is -0.886. The van der Waals surface area contributed by atoms with Gasteiger partial charge in [0.1, 0.15) is 0 Å². The van der Waals surface area contributed by atoms with E-state index in [-0.39, 0.29) is 11.3 Å². The van der Waals surface area contributed by atoms with Crippen LogP contribution >= 0.6 is 0 Å². The molecule has 0 unspecified atom stereocenters. The topological polar surface area (TPSA) is 86.5 Å². The van der Waals surface area contributed by atoms with Gasteiger partial charge in [-0.15, -0.1) is 0 Å². The van der Waals surface area contributed by atoms with Crippen molar-refractivity contribution >= 4 is 17.7 Å². The molecule has 2 N–H and O–H groups in total. The number of nitrogens with two attached hydrogens (primary N) is 1. The molecule has 0 fully saturated rings. The molecule has 2 aromatic rings. The maximum absolute atomic E-state index is 12.5. The maximum Gasteiger partial charge on any atom is 0.338 e. The van der Waals surface area contributed by atoms with Gasteiger partial charge >= 0.3 is 5.97 Å². The van der Waals surface area contributed by atoms with Gasteiger partial charge in [0.05, 0.1) is 5.56 Å². The second kappa shape index (κ2) is 6.89. The van der Waals surface area contributed by atoms with Crippen LogP contribution in [0.5, 0.6) is 0 Å². The lowest BCUT2D eigenvalue weighted by Crippen LogP contribution is -2.24. The van der Waals surface area contributed by atoms with Crippen molar-refractivity contribution in [3.63, 3.8) is 0 Å². The van der Waals surface area contributed by atoms with Crippen LogP contribution in [0.4, 0.5) is 0 Å². The number of aryl methyl sites for hydroxylation is 2. The van der Waals surface area contributed by atoms with Crippen LogP contribution < -0.4 is 5.73 Å². The van der Waals surface area contributed by atoms with Crippen LogP contribution in [0.15, 0.2) is 42.5 Å². The zero-order chi connectivity index (χ0) is 18.0. The summed E-state index contributed by atoms with van der Waals surface area (Å²) in [6.07, 6.45) is 2.26. The monoisotopic (exact) mass is 337 g/mol. The minimum absolute atomic E-state index is 0.225. The third-order valence-electron chi connectivity index (χ3n) is 4.44. The van der Waals surface area contributed by atoms with Crippen LogP contribution in [0.25, 0.3) is 0 Å². The zero-order valence-corrected chi connectivity index (χ0v) is 14.0. The van der Waals surface area contributed by atoms with E-state index in [0.29, 0.717) is 11.1 Å². The number of hydrogen-bond donors (Lipinski definition) is 1. The first-order valence-corrected chi connectivity index (χ1v) is 8.22. The van der Waals surface area contributed by atoms with Crippen molar-refractivity contribution in [3.8, 4) is 0 Å². The van der Waals surface area contributed by atoms with Crippen LogP contribution in [0.3, 0.4) is 0 Å². The van der Waals surface area contributed by atoms with Crippen molar-refractivity contribution in [2.24, 2.45) is 5.73 Å². The van der Waals surface area contributed by atoms with Crippen LogP contribution in [0.1, 0.15) is 55.5 Å². The number of benzene rings is 2. The Morgan fingerprint density at radius 3 is 2.20 bits per heavy atom. The molecule has 128 valence electrons. The molecule has 5 nitrogen and oxygen atoms in total. The van der Waals surface area contributed by atoms with E-state index in [2.05, 4.69) is 0 Å². The first kappa shape index (κ1) is 16.9. The first-order valence-electron chi connectivity index (χ1n) is 8.22. The van der Waals surface area contributed by atoms with E-state index in [0.717, 1.165) is 19.3 Å². The van der Waals surface area contributed by atoms with E-state index < -0.39 is 18.0 Å². The molecule has 0 aromatic heterocycles. The average Bonchev–Trinajstić information content (AvgIpc) is 3.08. The summed E-state index contributed by atoms with van der Waals surface area (Å²) < 4.78 is 5.27. The SMILES string of the molecule is C[C@H](OC(=O)c1ccc(C(N)=O)cc1)C(=O)c1ccc2c(c1)CCC2. The quantitative estimate of drug-likeness (QED) is 0.671. The van der Waals surface area contributed by atoms with Crippen molar-refractivity contribution in [1.82, 2.24) is 0 Å². The minimum Gasteiger partial charge on any atom is -0.451 e. The van der Waals surface area contributed by atoms with E-state index >= 15 is 0 Å².